The molecule has 4 atom stereocenters. The maximum atomic E-state index is 12.2. The third kappa shape index (κ3) is 9.23. The van der Waals surface area contributed by atoms with Gasteiger partial charge in [-0.05, 0) is 24.2 Å². The Balaban J connectivity index is 2.28. The van der Waals surface area contributed by atoms with Crippen LogP contribution in [0.1, 0.15) is 83.0 Å². The molecular formula is C23H38O2S. The van der Waals surface area contributed by atoms with E-state index in [-0.39, 0.29) is 11.7 Å². The molecule has 0 aromatic heterocycles. The van der Waals surface area contributed by atoms with Gasteiger partial charge in [0.25, 0.3) is 0 Å². The first kappa shape index (κ1) is 23.2. The highest BCUT2D eigenvalue weighted by Gasteiger charge is 2.23. The predicted molar refractivity (Wildman–Crippen MR) is 115 cm³/mol. The molecule has 1 N–H and O–H groups in total. The van der Waals surface area contributed by atoms with Crippen LogP contribution >= 0.6 is 11.8 Å². The van der Waals surface area contributed by atoms with Gasteiger partial charge in [-0.25, -0.2) is 0 Å². The molecule has 0 saturated carbocycles. The molecule has 0 bridgehead atoms. The number of hydrogen-bond donors (Lipinski definition) is 1. The van der Waals surface area contributed by atoms with Crippen LogP contribution in [0, 0.1) is 17.8 Å². The quantitative estimate of drug-likeness (QED) is 0.226. The van der Waals surface area contributed by atoms with Crippen LogP contribution in [0.3, 0.4) is 0 Å². The highest BCUT2D eigenvalue weighted by atomic mass is 32.2. The molecule has 0 fully saturated rings. The van der Waals surface area contributed by atoms with Crippen molar-refractivity contribution in [3.63, 3.8) is 0 Å². The third-order valence-electron chi connectivity index (χ3n) is 5.40. The Bertz CT molecular complexity index is 488. The van der Waals surface area contributed by atoms with Crippen LogP contribution in [0.2, 0.25) is 0 Å². The van der Waals surface area contributed by atoms with Gasteiger partial charge in [0.05, 0.1) is 5.75 Å². The maximum Gasteiger partial charge on any atom is 0.172 e. The van der Waals surface area contributed by atoms with Crippen LogP contribution in [-0.2, 0) is 0 Å². The molecule has 0 aliphatic rings. The van der Waals surface area contributed by atoms with Crippen molar-refractivity contribution in [1.82, 2.24) is 0 Å². The summed E-state index contributed by atoms with van der Waals surface area (Å²) in [5.41, 5.74) is 0.249. The van der Waals surface area contributed by atoms with Crippen LogP contribution in [-0.4, -0.2) is 22.1 Å². The lowest BCUT2D eigenvalue weighted by atomic mass is 9.85. The molecule has 26 heavy (non-hydrogen) atoms. The van der Waals surface area contributed by atoms with E-state index in [1.807, 2.05) is 30.3 Å². The van der Waals surface area contributed by atoms with Crippen LogP contribution in [0.15, 0.2) is 30.3 Å². The Kier molecular flexibility index (Phi) is 12.0. The van der Waals surface area contributed by atoms with Crippen molar-refractivity contribution in [2.75, 3.05) is 5.75 Å². The summed E-state index contributed by atoms with van der Waals surface area (Å²) in [5, 5.41) is 10.5. The number of carbonyl (C=O) groups is 1. The van der Waals surface area contributed by atoms with Gasteiger partial charge in [0.15, 0.2) is 5.78 Å². The van der Waals surface area contributed by atoms with E-state index in [4.69, 9.17) is 0 Å². The normalized spacial score (nSPS) is 16.0. The van der Waals surface area contributed by atoms with E-state index in [2.05, 4.69) is 27.7 Å². The van der Waals surface area contributed by atoms with Crippen molar-refractivity contribution in [3.8, 4) is 0 Å². The number of benzene rings is 1. The maximum absolute atomic E-state index is 12.2. The lowest BCUT2D eigenvalue weighted by Crippen LogP contribution is -2.24. The fourth-order valence-corrected chi connectivity index (χ4v) is 4.43. The van der Waals surface area contributed by atoms with Gasteiger partial charge in [-0.3, -0.25) is 4.79 Å². The molecule has 1 rings (SSSR count). The monoisotopic (exact) mass is 378 g/mol. The smallest absolute Gasteiger partial charge is 0.172 e. The highest BCUT2D eigenvalue weighted by Crippen LogP contribution is 2.30. The summed E-state index contributed by atoms with van der Waals surface area (Å²) in [6.07, 6.45) is 9.13. The number of aliphatic hydroxyl groups excluding tert-OH is 1. The summed E-state index contributed by atoms with van der Waals surface area (Å²) >= 11 is 1.38. The summed E-state index contributed by atoms with van der Waals surface area (Å²) in [6.45, 7) is 8.94. The zero-order valence-corrected chi connectivity index (χ0v) is 17.9. The molecule has 0 saturated heterocycles. The van der Waals surface area contributed by atoms with Gasteiger partial charge in [0.1, 0.15) is 5.44 Å². The first-order valence-corrected chi connectivity index (χ1v) is 11.4. The zero-order valence-electron chi connectivity index (χ0n) is 17.1. The molecular weight excluding hydrogens is 340 g/mol. The van der Waals surface area contributed by atoms with Crippen molar-refractivity contribution in [1.29, 1.82) is 0 Å². The fourth-order valence-electron chi connectivity index (χ4n) is 3.36. The molecule has 2 nitrogen and oxygen atoms in total. The Morgan fingerprint density at radius 2 is 1.69 bits per heavy atom. The molecule has 0 radical (unpaired) electrons. The minimum atomic E-state index is -0.477. The van der Waals surface area contributed by atoms with E-state index in [1.54, 1.807) is 0 Å². The number of hydrogen-bond acceptors (Lipinski definition) is 3. The Hall–Kier alpha value is -0.800. The second-order valence-electron chi connectivity index (χ2n) is 7.87. The second-order valence-corrected chi connectivity index (χ2v) is 8.98. The zero-order chi connectivity index (χ0) is 19.4. The van der Waals surface area contributed by atoms with Crippen molar-refractivity contribution in [2.45, 2.75) is 78.1 Å². The second kappa shape index (κ2) is 13.4. The van der Waals surface area contributed by atoms with Gasteiger partial charge < -0.3 is 5.11 Å². The average Bonchev–Trinajstić information content (AvgIpc) is 2.65. The number of Topliss-reactive ketones (excluding diaryl/α,β-unsaturated/α-hetero) is 1. The van der Waals surface area contributed by atoms with Crippen LogP contribution < -0.4 is 0 Å². The van der Waals surface area contributed by atoms with E-state index in [9.17, 15) is 9.90 Å². The first-order chi connectivity index (χ1) is 12.5. The van der Waals surface area contributed by atoms with Crippen molar-refractivity contribution in [3.05, 3.63) is 35.9 Å². The Morgan fingerprint density at radius 3 is 2.35 bits per heavy atom. The van der Waals surface area contributed by atoms with Crippen molar-refractivity contribution in [2.24, 2.45) is 17.8 Å². The molecule has 0 heterocycles. The van der Waals surface area contributed by atoms with E-state index >= 15 is 0 Å². The molecule has 148 valence electrons. The lowest BCUT2D eigenvalue weighted by molar-refractivity contribution is 0.101. The van der Waals surface area contributed by atoms with Gasteiger partial charge in [0.2, 0.25) is 0 Å². The standard InChI is InChI=1S/C23H38O2S/c1-5-6-7-8-10-13-18(2)16-19(3)20(4)23(25)26-17-22(24)21-14-11-9-12-15-21/h9,11-12,14-15,18-20,23,25H,5-8,10,13,16-17H2,1-4H3/t18-,19-,20-,23-/m0/s1. The molecule has 3 heteroatoms. The van der Waals surface area contributed by atoms with Gasteiger partial charge in [0, 0.05) is 5.56 Å². The number of ketones is 1. The molecule has 1 aromatic rings. The Morgan fingerprint density at radius 1 is 1.04 bits per heavy atom. The SMILES string of the molecule is CCCCCCC[C@H](C)C[C@H](C)[C@H](C)[C@@H](O)SCC(=O)c1ccccc1. The topological polar surface area (TPSA) is 37.3 Å². The number of aliphatic hydroxyl groups is 1. The molecule has 0 spiro atoms. The number of rotatable bonds is 14. The van der Waals surface area contributed by atoms with Gasteiger partial charge in [-0.1, -0.05) is 96.6 Å². The summed E-state index contributed by atoms with van der Waals surface area (Å²) in [5.74, 6) is 1.81. The van der Waals surface area contributed by atoms with Crippen molar-refractivity contribution < 1.29 is 9.90 Å². The summed E-state index contributed by atoms with van der Waals surface area (Å²) in [4.78, 5) is 12.2. The van der Waals surface area contributed by atoms with Gasteiger partial charge in [-0.15, -0.1) is 11.8 Å². The number of carbonyl (C=O) groups excluding carboxylic acids is 1. The Labute approximate surface area is 165 Å². The minimum Gasteiger partial charge on any atom is -0.382 e. The summed E-state index contributed by atoms with van der Waals surface area (Å²) in [6, 6.07) is 9.34. The first-order valence-electron chi connectivity index (χ1n) is 10.3. The fraction of sp³-hybridized carbons (Fsp3) is 0.696. The number of unbranched alkanes of at least 4 members (excludes halogenated alkanes) is 4. The van der Waals surface area contributed by atoms with Crippen LogP contribution in [0.4, 0.5) is 0 Å². The largest absolute Gasteiger partial charge is 0.382 e. The summed E-state index contributed by atoms with van der Waals surface area (Å²) in [7, 11) is 0. The highest BCUT2D eigenvalue weighted by molar-refractivity contribution is 8.00. The van der Waals surface area contributed by atoms with E-state index in [0.29, 0.717) is 17.6 Å². The van der Waals surface area contributed by atoms with E-state index in [1.165, 1.54) is 50.3 Å². The van der Waals surface area contributed by atoms with Gasteiger partial charge >= 0.3 is 0 Å². The van der Waals surface area contributed by atoms with Crippen molar-refractivity contribution >= 4 is 17.5 Å². The number of thioether (sulfide) groups is 1. The predicted octanol–water partition coefficient (Wildman–Crippen LogP) is 6.58. The molecule has 1 aromatic carbocycles. The average molecular weight is 379 g/mol. The van der Waals surface area contributed by atoms with E-state index < -0.39 is 5.44 Å². The van der Waals surface area contributed by atoms with E-state index in [0.717, 1.165) is 12.0 Å². The molecule has 0 aliphatic carbocycles. The third-order valence-corrected chi connectivity index (χ3v) is 6.60. The molecule has 0 aliphatic heterocycles. The van der Waals surface area contributed by atoms with Gasteiger partial charge in [-0.2, -0.15) is 0 Å². The minimum absolute atomic E-state index is 0.0925. The summed E-state index contributed by atoms with van der Waals surface area (Å²) < 4.78 is 0. The molecule has 0 amide bonds. The lowest BCUT2D eigenvalue weighted by Gasteiger charge is -2.27. The van der Waals surface area contributed by atoms with Crippen LogP contribution in [0.25, 0.3) is 0 Å². The molecule has 0 unspecified atom stereocenters. The van der Waals surface area contributed by atoms with Crippen LogP contribution in [0.5, 0.6) is 0 Å².